The van der Waals surface area contributed by atoms with E-state index in [0.717, 1.165) is 11.1 Å². The number of carbonyl (C=O) groups is 1. The molecule has 4 rings (SSSR count). The second kappa shape index (κ2) is 7.42. The van der Waals surface area contributed by atoms with E-state index in [4.69, 9.17) is 4.52 Å². The first-order valence-electron chi connectivity index (χ1n) is 8.89. The summed E-state index contributed by atoms with van der Waals surface area (Å²) in [5, 5.41) is 6.81. The van der Waals surface area contributed by atoms with Crippen LogP contribution >= 0.6 is 0 Å². The molecule has 0 unspecified atom stereocenters. The van der Waals surface area contributed by atoms with Crippen molar-refractivity contribution in [3.8, 4) is 17.0 Å². The summed E-state index contributed by atoms with van der Waals surface area (Å²) in [6.45, 7) is -0.899. The lowest BCUT2D eigenvalue weighted by Gasteiger charge is -2.10. The van der Waals surface area contributed by atoms with Crippen molar-refractivity contribution in [2.75, 3.05) is 0 Å². The Balaban J connectivity index is 1.42. The standard InChI is InChI=1S/C21H18F2N2O3/c1-12-6-8-13(9-7-12)16-11-19(28-25-16)20(26)24-17-10-15(17)14-4-2-3-5-18(14)27-21(22)23/h2-9,11,15,17,21H,10H2,1H3,(H,24,26)/t15-,17+/m0/s1. The molecule has 0 radical (unpaired) electrons. The van der Waals surface area contributed by atoms with E-state index in [0.29, 0.717) is 17.7 Å². The molecule has 2 atom stereocenters. The zero-order valence-corrected chi connectivity index (χ0v) is 15.1. The Hall–Kier alpha value is -3.22. The number of hydrogen-bond donors (Lipinski definition) is 1. The summed E-state index contributed by atoms with van der Waals surface area (Å²) in [4.78, 5) is 12.4. The topological polar surface area (TPSA) is 64.4 Å². The number of nitrogens with one attached hydrogen (secondary N) is 1. The molecule has 28 heavy (non-hydrogen) atoms. The zero-order valence-electron chi connectivity index (χ0n) is 15.1. The number of ether oxygens (including phenoxy) is 1. The zero-order chi connectivity index (χ0) is 19.7. The second-order valence-electron chi connectivity index (χ2n) is 6.78. The first-order chi connectivity index (χ1) is 13.5. The number of alkyl halides is 2. The summed E-state index contributed by atoms with van der Waals surface area (Å²) < 4.78 is 34.9. The van der Waals surface area contributed by atoms with Gasteiger partial charge in [-0.2, -0.15) is 8.78 Å². The molecule has 3 aromatic rings. The van der Waals surface area contributed by atoms with Crippen LogP contribution in [0.15, 0.2) is 59.1 Å². The van der Waals surface area contributed by atoms with Crippen LogP contribution in [-0.4, -0.2) is 23.7 Å². The molecular formula is C21H18F2N2O3. The van der Waals surface area contributed by atoms with Gasteiger partial charge in [-0.05, 0) is 25.0 Å². The Morgan fingerprint density at radius 3 is 2.71 bits per heavy atom. The SMILES string of the molecule is Cc1ccc(-c2cc(C(=O)N[C@@H]3C[C@H]3c3ccccc3OC(F)F)on2)cc1. The molecule has 1 amide bonds. The molecule has 1 fully saturated rings. The molecule has 0 spiro atoms. The van der Waals surface area contributed by atoms with Crippen molar-refractivity contribution < 1.29 is 22.8 Å². The molecule has 1 aliphatic carbocycles. The first kappa shape index (κ1) is 18.2. The van der Waals surface area contributed by atoms with E-state index in [9.17, 15) is 13.6 Å². The van der Waals surface area contributed by atoms with Crippen LogP contribution in [0.2, 0.25) is 0 Å². The van der Waals surface area contributed by atoms with E-state index < -0.39 is 6.61 Å². The summed E-state index contributed by atoms with van der Waals surface area (Å²) in [6.07, 6.45) is 0.647. The molecule has 144 valence electrons. The Labute approximate surface area is 160 Å². The maximum Gasteiger partial charge on any atom is 0.387 e. The lowest BCUT2D eigenvalue weighted by molar-refractivity contribution is -0.0504. The molecule has 0 saturated heterocycles. The van der Waals surface area contributed by atoms with E-state index in [1.807, 2.05) is 31.2 Å². The van der Waals surface area contributed by atoms with Gasteiger partial charge in [-0.1, -0.05) is 53.2 Å². The number of aryl methyl sites for hydroxylation is 1. The van der Waals surface area contributed by atoms with E-state index in [1.165, 1.54) is 6.07 Å². The molecule has 0 bridgehead atoms. The predicted octanol–water partition coefficient (Wildman–Crippen LogP) is 4.54. The monoisotopic (exact) mass is 384 g/mol. The molecule has 0 aliphatic heterocycles. The van der Waals surface area contributed by atoms with Gasteiger partial charge in [0.05, 0.1) is 0 Å². The van der Waals surface area contributed by atoms with Gasteiger partial charge in [-0.15, -0.1) is 0 Å². The summed E-state index contributed by atoms with van der Waals surface area (Å²) in [5.41, 5.74) is 3.22. The van der Waals surface area contributed by atoms with E-state index in [1.54, 1.807) is 24.3 Å². The minimum absolute atomic E-state index is 0.0709. The van der Waals surface area contributed by atoms with Gasteiger partial charge in [-0.25, -0.2) is 0 Å². The number of halogens is 2. The van der Waals surface area contributed by atoms with Gasteiger partial charge in [0.15, 0.2) is 0 Å². The summed E-state index contributed by atoms with van der Waals surface area (Å²) >= 11 is 0. The fourth-order valence-electron chi connectivity index (χ4n) is 3.17. The van der Waals surface area contributed by atoms with E-state index in [-0.39, 0.29) is 29.4 Å². The fourth-order valence-corrected chi connectivity index (χ4v) is 3.17. The van der Waals surface area contributed by atoms with E-state index >= 15 is 0 Å². The van der Waals surface area contributed by atoms with Crippen molar-refractivity contribution in [2.45, 2.75) is 31.9 Å². The number of hydrogen-bond acceptors (Lipinski definition) is 4. The number of rotatable bonds is 6. The average Bonchev–Trinajstić information content (AvgIpc) is 3.24. The third kappa shape index (κ3) is 3.88. The molecule has 1 heterocycles. The molecule has 1 saturated carbocycles. The van der Waals surface area contributed by atoms with Gasteiger partial charge in [-0.3, -0.25) is 4.79 Å². The molecular weight excluding hydrogens is 366 g/mol. The van der Waals surface area contributed by atoms with E-state index in [2.05, 4.69) is 15.2 Å². The number of para-hydroxylation sites is 1. The maximum absolute atomic E-state index is 12.6. The molecule has 1 aliphatic rings. The minimum Gasteiger partial charge on any atom is -0.435 e. The highest BCUT2D eigenvalue weighted by Gasteiger charge is 2.42. The number of aromatic nitrogens is 1. The molecule has 7 heteroatoms. The van der Waals surface area contributed by atoms with Gasteiger partial charge in [0, 0.05) is 23.6 Å². The van der Waals surface area contributed by atoms with Gasteiger partial charge < -0.3 is 14.6 Å². The smallest absolute Gasteiger partial charge is 0.387 e. The van der Waals surface area contributed by atoms with Gasteiger partial charge >= 0.3 is 6.61 Å². The van der Waals surface area contributed by atoms with Crippen LogP contribution in [0.25, 0.3) is 11.3 Å². The quantitative estimate of drug-likeness (QED) is 0.678. The van der Waals surface area contributed by atoms with Crippen molar-refractivity contribution >= 4 is 5.91 Å². The van der Waals surface area contributed by atoms with Crippen LogP contribution in [-0.2, 0) is 0 Å². The molecule has 2 aromatic carbocycles. The predicted molar refractivity (Wildman–Crippen MR) is 98.4 cm³/mol. The summed E-state index contributed by atoms with van der Waals surface area (Å²) in [7, 11) is 0. The Kier molecular flexibility index (Phi) is 4.81. The van der Waals surface area contributed by atoms with Gasteiger partial charge in [0.25, 0.3) is 5.91 Å². The fraction of sp³-hybridized carbons (Fsp3) is 0.238. The second-order valence-corrected chi connectivity index (χ2v) is 6.78. The van der Waals surface area contributed by atoms with Gasteiger partial charge in [0.1, 0.15) is 11.4 Å². The van der Waals surface area contributed by atoms with Crippen molar-refractivity contribution in [1.82, 2.24) is 10.5 Å². The lowest BCUT2D eigenvalue weighted by Crippen LogP contribution is -2.26. The highest BCUT2D eigenvalue weighted by atomic mass is 19.3. The molecule has 1 aromatic heterocycles. The van der Waals surface area contributed by atoms with Crippen molar-refractivity contribution in [1.29, 1.82) is 0 Å². The Morgan fingerprint density at radius 2 is 1.96 bits per heavy atom. The Morgan fingerprint density at radius 1 is 1.21 bits per heavy atom. The van der Waals surface area contributed by atoms with Crippen molar-refractivity contribution in [2.24, 2.45) is 0 Å². The third-order valence-corrected chi connectivity index (χ3v) is 4.72. The lowest BCUT2D eigenvalue weighted by atomic mass is 10.1. The highest BCUT2D eigenvalue weighted by Crippen LogP contribution is 2.45. The minimum atomic E-state index is -2.89. The number of amides is 1. The first-order valence-corrected chi connectivity index (χ1v) is 8.89. The molecule has 5 nitrogen and oxygen atoms in total. The van der Waals surface area contributed by atoms with Crippen molar-refractivity contribution in [3.63, 3.8) is 0 Å². The van der Waals surface area contributed by atoms with Crippen LogP contribution in [0, 0.1) is 6.92 Å². The van der Waals surface area contributed by atoms with Crippen molar-refractivity contribution in [3.05, 3.63) is 71.5 Å². The van der Waals surface area contributed by atoms with Gasteiger partial charge in [0.2, 0.25) is 5.76 Å². The third-order valence-electron chi connectivity index (χ3n) is 4.72. The van der Waals surface area contributed by atoms with Crippen LogP contribution in [0.1, 0.15) is 34.0 Å². The average molecular weight is 384 g/mol. The summed E-state index contributed by atoms with van der Waals surface area (Å²) in [5.74, 6) is -0.206. The number of carbonyl (C=O) groups excluding carboxylic acids is 1. The molecule has 1 N–H and O–H groups in total. The van der Waals surface area contributed by atoms with Crippen LogP contribution in [0.5, 0.6) is 5.75 Å². The maximum atomic E-state index is 12.6. The number of nitrogens with zero attached hydrogens (tertiary/aromatic N) is 1. The summed E-state index contributed by atoms with van der Waals surface area (Å²) in [6, 6.07) is 15.8. The highest BCUT2D eigenvalue weighted by molar-refractivity contribution is 5.93. The number of benzene rings is 2. The Bertz CT molecular complexity index is 985. The largest absolute Gasteiger partial charge is 0.435 e. The van der Waals surface area contributed by atoms with Crippen LogP contribution in [0.3, 0.4) is 0 Å². The van der Waals surface area contributed by atoms with Crippen LogP contribution in [0.4, 0.5) is 8.78 Å². The van der Waals surface area contributed by atoms with Crippen LogP contribution < -0.4 is 10.1 Å². The normalized spacial score (nSPS) is 18.1.